The van der Waals surface area contributed by atoms with E-state index in [-0.39, 0.29) is 20.4 Å². The molecule has 0 atom stereocenters. The van der Waals surface area contributed by atoms with Gasteiger partial charge in [0, 0.05) is 20.4 Å². The summed E-state index contributed by atoms with van der Waals surface area (Å²) in [7, 11) is 0. The van der Waals surface area contributed by atoms with Crippen molar-refractivity contribution in [3.8, 4) is 0 Å². The predicted molar refractivity (Wildman–Crippen MR) is 144 cm³/mol. The Hall–Kier alpha value is -1.56. The first-order chi connectivity index (χ1) is 15.6. The number of benzene rings is 2. The van der Waals surface area contributed by atoms with E-state index in [0.29, 0.717) is 0 Å². The van der Waals surface area contributed by atoms with Crippen LogP contribution in [-0.2, 0) is 46.1 Å². The van der Waals surface area contributed by atoms with Crippen LogP contribution < -0.4 is 0 Å². The second-order valence-electron chi connectivity index (χ2n) is 8.75. The molecule has 0 aliphatic heterocycles. The van der Waals surface area contributed by atoms with Gasteiger partial charge in [0.2, 0.25) is 0 Å². The second-order valence-corrected chi connectivity index (χ2v) is 8.75. The predicted octanol–water partition coefficient (Wildman–Crippen LogP) is 9.16. The SMILES string of the molecule is CCCCC(=Nc1cc(CC)cc(CC)c1)C(CCCC)=Nc1cc(CC)cc(CC)c1.[Pd]. The molecule has 3 heteroatoms. The number of nitrogens with zero attached hydrogens (tertiary/aromatic N) is 2. The van der Waals surface area contributed by atoms with Gasteiger partial charge >= 0.3 is 0 Å². The molecule has 0 aliphatic rings. The van der Waals surface area contributed by atoms with Crippen LogP contribution in [0.1, 0.15) is 102 Å². The van der Waals surface area contributed by atoms with E-state index in [1.807, 2.05) is 0 Å². The fraction of sp³-hybridized carbons (Fsp3) is 0.533. The fourth-order valence-corrected chi connectivity index (χ4v) is 3.96. The Morgan fingerprint density at radius 2 is 0.818 bits per heavy atom. The molecule has 0 aromatic heterocycles. The molecule has 0 bridgehead atoms. The van der Waals surface area contributed by atoms with Gasteiger partial charge in [-0.1, -0.05) is 66.5 Å². The molecule has 0 heterocycles. The van der Waals surface area contributed by atoms with Gasteiger partial charge in [0.25, 0.3) is 0 Å². The largest absolute Gasteiger partial charge is 0.252 e. The average molecular weight is 539 g/mol. The number of unbranched alkanes of at least 4 members (excludes halogenated alkanes) is 2. The van der Waals surface area contributed by atoms with Crippen LogP contribution in [0, 0.1) is 0 Å². The third-order valence-electron chi connectivity index (χ3n) is 6.10. The topological polar surface area (TPSA) is 24.7 Å². The summed E-state index contributed by atoms with van der Waals surface area (Å²) >= 11 is 0. The van der Waals surface area contributed by atoms with E-state index in [9.17, 15) is 0 Å². The molecule has 0 fully saturated rings. The van der Waals surface area contributed by atoms with Crippen LogP contribution in [0.25, 0.3) is 0 Å². The van der Waals surface area contributed by atoms with Crippen molar-refractivity contribution >= 4 is 22.8 Å². The Morgan fingerprint density at radius 1 is 0.515 bits per heavy atom. The molecule has 0 spiro atoms. The smallest absolute Gasteiger partial charge is 0.0639 e. The van der Waals surface area contributed by atoms with Crippen LogP contribution in [0.5, 0.6) is 0 Å². The summed E-state index contributed by atoms with van der Waals surface area (Å²) in [5.41, 5.74) is 10.0. The Bertz CT molecular complexity index is 792. The zero-order valence-corrected chi connectivity index (χ0v) is 23.3. The van der Waals surface area contributed by atoms with E-state index in [1.54, 1.807) is 0 Å². The van der Waals surface area contributed by atoms with E-state index in [2.05, 4.69) is 77.9 Å². The van der Waals surface area contributed by atoms with Crippen molar-refractivity contribution in [1.29, 1.82) is 0 Å². The maximum Gasteiger partial charge on any atom is 0.0639 e. The minimum absolute atomic E-state index is 0. The number of aliphatic imine (C=N–C) groups is 2. The quantitative estimate of drug-likeness (QED) is 0.179. The average Bonchev–Trinajstić information content (AvgIpc) is 2.83. The summed E-state index contributed by atoms with van der Waals surface area (Å²) in [4.78, 5) is 10.5. The molecule has 2 nitrogen and oxygen atoms in total. The van der Waals surface area contributed by atoms with Gasteiger partial charge in [-0.05, 0) is 97.9 Å². The Balaban J connectivity index is 0.00000544. The second kappa shape index (κ2) is 16.1. The van der Waals surface area contributed by atoms with Crippen molar-refractivity contribution in [2.75, 3.05) is 0 Å². The van der Waals surface area contributed by atoms with E-state index in [1.165, 1.54) is 46.5 Å². The molecule has 2 rings (SSSR count). The first-order valence-corrected chi connectivity index (χ1v) is 13.0. The molecular weight excluding hydrogens is 495 g/mol. The Kier molecular flexibility index (Phi) is 14.4. The molecule has 2 aromatic carbocycles. The first-order valence-electron chi connectivity index (χ1n) is 13.0. The number of hydrogen-bond donors (Lipinski definition) is 0. The normalized spacial score (nSPS) is 12.1. The number of hydrogen-bond acceptors (Lipinski definition) is 2. The maximum absolute atomic E-state index is 5.23. The Morgan fingerprint density at radius 3 is 1.06 bits per heavy atom. The number of aryl methyl sites for hydroxylation is 4. The van der Waals surface area contributed by atoms with Crippen LogP contribution in [0.3, 0.4) is 0 Å². The van der Waals surface area contributed by atoms with Gasteiger partial charge in [-0.3, -0.25) is 9.98 Å². The molecule has 184 valence electrons. The van der Waals surface area contributed by atoms with Crippen molar-refractivity contribution in [2.45, 2.75) is 106 Å². The van der Waals surface area contributed by atoms with E-state index in [0.717, 1.165) is 62.7 Å². The van der Waals surface area contributed by atoms with Crippen molar-refractivity contribution < 1.29 is 20.4 Å². The molecule has 0 N–H and O–H groups in total. The van der Waals surface area contributed by atoms with Crippen molar-refractivity contribution in [2.24, 2.45) is 9.98 Å². The standard InChI is InChI=1S/C30H44N2.Pd/c1-7-13-15-29(31-27-19-23(9-3)17-24(10-4)20-27)30(16-14-8-2)32-28-21-25(11-5)18-26(12-6)22-28;/h17-22H,7-16H2,1-6H3;. The van der Waals surface area contributed by atoms with E-state index >= 15 is 0 Å². The zero-order valence-electron chi connectivity index (χ0n) is 21.7. The van der Waals surface area contributed by atoms with Crippen LogP contribution >= 0.6 is 0 Å². The Labute approximate surface area is 217 Å². The third-order valence-corrected chi connectivity index (χ3v) is 6.10. The van der Waals surface area contributed by atoms with Crippen LogP contribution in [0.15, 0.2) is 46.4 Å². The summed E-state index contributed by atoms with van der Waals surface area (Å²) in [5, 5.41) is 0. The first kappa shape index (κ1) is 29.5. The summed E-state index contributed by atoms with van der Waals surface area (Å²) in [6, 6.07) is 13.7. The molecule has 0 amide bonds. The van der Waals surface area contributed by atoms with Crippen molar-refractivity contribution in [3.63, 3.8) is 0 Å². The molecule has 0 radical (unpaired) electrons. The van der Waals surface area contributed by atoms with Gasteiger partial charge in [-0.2, -0.15) is 0 Å². The molecule has 0 unspecified atom stereocenters. The van der Waals surface area contributed by atoms with Crippen molar-refractivity contribution in [3.05, 3.63) is 58.7 Å². The summed E-state index contributed by atoms with van der Waals surface area (Å²) in [6.07, 6.45) is 10.8. The molecule has 2 aromatic rings. The molecule has 0 saturated heterocycles. The molecule has 0 saturated carbocycles. The summed E-state index contributed by atoms with van der Waals surface area (Å²) in [5.74, 6) is 0. The van der Waals surface area contributed by atoms with Gasteiger partial charge < -0.3 is 0 Å². The van der Waals surface area contributed by atoms with Gasteiger partial charge in [0.05, 0.1) is 22.8 Å². The van der Waals surface area contributed by atoms with Crippen LogP contribution in [0.2, 0.25) is 0 Å². The molecule has 33 heavy (non-hydrogen) atoms. The minimum atomic E-state index is 0. The van der Waals surface area contributed by atoms with E-state index < -0.39 is 0 Å². The number of rotatable bonds is 13. The van der Waals surface area contributed by atoms with Crippen molar-refractivity contribution in [1.82, 2.24) is 0 Å². The fourth-order valence-electron chi connectivity index (χ4n) is 3.96. The third kappa shape index (κ3) is 9.68. The van der Waals surface area contributed by atoms with Gasteiger partial charge in [-0.15, -0.1) is 0 Å². The van der Waals surface area contributed by atoms with Crippen LogP contribution in [-0.4, -0.2) is 11.4 Å². The molecule has 0 aliphatic carbocycles. The van der Waals surface area contributed by atoms with Gasteiger partial charge in [0.15, 0.2) is 0 Å². The summed E-state index contributed by atoms with van der Waals surface area (Å²) in [6.45, 7) is 13.4. The zero-order chi connectivity index (χ0) is 23.3. The minimum Gasteiger partial charge on any atom is -0.252 e. The van der Waals surface area contributed by atoms with Gasteiger partial charge in [-0.25, -0.2) is 0 Å². The van der Waals surface area contributed by atoms with Crippen LogP contribution in [0.4, 0.5) is 11.4 Å². The molecular formula is C30H44N2Pd. The summed E-state index contributed by atoms with van der Waals surface area (Å²) < 4.78 is 0. The van der Waals surface area contributed by atoms with Gasteiger partial charge in [0.1, 0.15) is 0 Å². The monoisotopic (exact) mass is 538 g/mol. The van der Waals surface area contributed by atoms with E-state index in [4.69, 9.17) is 9.98 Å². The maximum atomic E-state index is 5.23.